The molecule has 1 aromatic carbocycles. The van der Waals surface area contributed by atoms with Crippen molar-refractivity contribution < 1.29 is 13.2 Å². The maximum Gasteiger partial charge on any atom is 0.433 e. The number of hydrogen-bond acceptors (Lipinski definition) is 4. The van der Waals surface area contributed by atoms with Gasteiger partial charge in [0.05, 0.1) is 5.52 Å². The minimum Gasteiger partial charge on any atom is -0.356 e. The highest BCUT2D eigenvalue weighted by atomic mass is 19.4. The van der Waals surface area contributed by atoms with Crippen LogP contribution >= 0.6 is 0 Å². The highest BCUT2D eigenvalue weighted by molar-refractivity contribution is 5.89. The van der Waals surface area contributed by atoms with Crippen LogP contribution in [0.2, 0.25) is 0 Å². The van der Waals surface area contributed by atoms with E-state index in [0.717, 1.165) is 57.3 Å². The monoisotopic (exact) mass is 428 g/mol. The maximum absolute atomic E-state index is 13.0. The zero-order chi connectivity index (χ0) is 21.8. The number of piperidine rings is 1. The standard InChI is InChI=1S/C24H27F3N4/c1-30(14-10-18-5-3-2-4-6-18)17-19-11-15-31(16-12-19)23-20-7-8-22(24(25,26)27)29-21(20)9-13-28-23/h2-9,13,19H,10-12,14-17H2,1H3. The van der Waals surface area contributed by atoms with Gasteiger partial charge < -0.3 is 9.80 Å². The van der Waals surface area contributed by atoms with Gasteiger partial charge in [0.2, 0.25) is 0 Å². The van der Waals surface area contributed by atoms with E-state index in [0.29, 0.717) is 16.8 Å². The number of anilines is 1. The number of hydrogen-bond donors (Lipinski definition) is 0. The Balaban J connectivity index is 1.35. The molecule has 0 atom stereocenters. The number of alkyl halides is 3. The number of pyridine rings is 2. The van der Waals surface area contributed by atoms with Crippen LogP contribution in [0.1, 0.15) is 24.1 Å². The van der Waals surface area contributed by atoms with Gasteiger partial charge in [0, 0.05) is 37.8 Å². The molecule has 4 rings (SSSR count). The zero-order valence-electron chi connectivity index (χ0n) is 17.6. The Hall–Kier alpha value is -2.67. The summed E-state index contributed by atoms with van der Waals surface area (Å²) in [5.41, 5.74) is 0.825. The molecule has 0 spiro atoms. The first-order valence-corrected chi connectivity index (χ1v) is 10.7. The van der Waals surface area contributed by atoms with E-state index >= 15 is 0 Å². The third kappa shape index (κ3) is 5.34. The largest absolute Gasteiger partial charge is 0.433 e. The van der Waals surface area contributed by atoms with Gasteiger partial charge >= 0.3 is 6.18 Å². The molecule has 1 aliphatic rings. The molecule has 0 aliphatic carbocycles. The third-order valence-electron chi connectivity index (χ3n) is 5.99. The summed E-state index contributed by atoms with van der Waals surface area (Å²) in [6, 6.07) is 14.6. The van der Waals surface area contributed by atoms with Gasteiger partial charge in [0.25, 0.3) is 0 Å². The van der Waals surface area contributed by atoms with E-state index < -0.39 is 11.9 Å². The summed E-state index contributed by atoms with van der Waals surface area (Å²) in [5.74, 6) is 1.34. The van der Waals surface area contributed by atoms with E-state index in [1.165, 1.54) is 11.6 Å². The summed E-state index contributed by atoms with van der Waals surface area (Å²) in [5, 5.41) is 0.675. The first-order chi connectivity index (χ1) is 14.9. The SMILES string of the molecule is CN(CCc1ccccc1)CC1CCN(c2nccc3nc(C(F)(F)F)ccc23)CC1. The molecule has 0 saturated carbocycles. The van der Waals surface area contributed by atoms with Crippen LogP contribution in [-0.4, -0.2) is 48.1 Å². The van der Waals surface area contributed by atoms with Crippen LogP contribution in [-0.2, 0) is 12.6 Å². The van der Waals surface area contributed by atoms with E-state index in [1.54, 1.807) is 12.3 Å². The fraction of sp³-hybridized carbons (Fsp3) is 0.417. The third-order valence-corrected chi connectivity index (χ3v) is 5.99. The predicted octanol–water partition coefficient (Wildman–Crippen LogP) is 5.04. The van der Waals surface area contributed by atoms with Crippen molar-refractivity contribution in [2.45, 2.75) is 25.4 Å². The average Bonchev–Trinajstić information content (AvgIpc) is 2.77. The number of nitrogens with zero attached hydrogens (tertiary/aromatic N) is 4. The van der Waals surface area contributed by atoms with Crippen molar-refractivity contribution in [2.75, 3.05) is 38.1 Å². The summed E-state index contributed by atoms with van der Waals surface area (Å²) in [7, 11) is 2.17. The van der Waals surface area contributed by atoms with Crippen LogP contribution in [0, 0.1) is 5.92 Å². The second kappa shape index (κ2) is 9.22. The van der Waals surface area contributed by atoms with E-state index in [-0.39, 0.29) is 0 Å². The predicted molar refractivity (Wildman–Crippen MR) is 117 cm³/mol. The molecule has 4 nitrogen and oxygen atoms in total. The topological polar surface area (TPSA) is 32.3 Å². The van der Waals surface area contributed by atoms with Gasteiger partial charge in [0.1, 0.15) is 11.5 Å². The number of benzene rings is 1. The molecule has 0 amide bonds. The smallest absolute Gasteiger partial charge is 0.356 e. The molecular formula is C24H27F3N4. The molecule has 0 N–H and O–H groups in total. The van der Waals surface area contributed by atoms with Crippen molar-refractivity contribution in [3.8, 4) is 0 Å². The van der Waals surface area contributed by atoms with Crippen LogP contribution in [0.15, 0.2) is 54.7 Å². The average molecular weight is 429 g/mol. The fourth-order valence-corrected chi connectivity index (χ4v) is 4.27. The van der Waals surface area contributed by atoms with E-state index in [1.807, 2.05) is 6.07 Å². The van der Waals surface area contributed by atoms with Crippen molar-refractivity contribution >= 4 is 16.7 Å². The Morgan fingerprint density at radius 1 is 1.03 bits per heavy atom. The summed E-state index contributed by atoms with van der Waals surface area (Å²) >= 11 is 0. The number of likely N-dealkylation sites (N-methyl/N-ethyl adjacent to an activating group) is 1. The summed E-state index contributed by atoms with van der Waals surface area (Å²) < 4.78 is 38.9. The molecule has 1 aliphatic heterocycles. The molecule has 1 fully saturated rings. The number of aromatic nitrogens is 2. The van der Waals surface area contributed by atoms with Gasteiger partial charge in [0.15, 0.2) is 0 Å². The van der Waals surface area contributed by atoms with Crippen molar-refractivity contribution in [2.24, 2.45) is 5.92 Å². The van der Waals surface area contributed by atoms with Gasteiger partial charge in [-0.3, -0.25) is 0 Å². The Bertz CT molecular complexity index is 999. The van der Waals surface area contributed by atoms with Gasteiger partial charge in [-0.1, -0.05) is 30.3 Å². The number of fused-ring (bicyclic) bond motifs is 1. The first-order valence-electron chi connectivity index (χ1n) is 10.7. The Labute approximate surface area is 180 Å². The molecule has 3 aromatic rings. The highest BCUT2D eigenvalue weighted by Gasteiger charge is 2.33. The van der Waals surface area contributed by atoms with Crippen molar-refractivity contribution in [3.63, 3.8) is 0 Å². The van der Waals surface area contributed by atoms with Crippen LogP contribution in [0.25, 0.3) is 10.9 Å². The number of halogens is 3. The molecule has 0 radical (unpaired) electrons. The van der Waals surface area contributed by atoms with Gasteiger partial charge in [-0.15, -0.1) is 0 Å². The normalized spacial score (nSPS) is 15.7. The summed E-state index contributed by atoms with van der Waals surface area (Å²) in [6.07, 6.45) is 0.239. The van der Waals surface area contributed by atoms with Crippen molar-refractivity contribution in [1.29, 1.82) is 0 Å². The van der Waals surface area contributed by atoms with Crippen LogP contribution in [0.4, 0.5) is 19.0 Å². The zero-order valence-corrected chi connectivity index (χ0v) is 17.6. The summed E-state index contributed by atoms with van der Waals surface area (Å²) in [4.78, 5) is 12.8. The summed E-state index contributed by atoms with van der Waals surface area (Å²) in [6.45, 7) is 3.79. The van der Waals surface area contributed by atoms with E-state index in [2.05, 4.69) is 51.1 Å². The lowest BCUT2D eigenvalue weighted by Crippen LogP contribution is -2.38. The fourth-order valence-electron chi connectivity index (χ4n) is 4.27. The minimum absolute atomic E-state index is 0.336. The van der Waals surface area contributed by atoms with Crippen molar-refractivity contribution in [3.05, 3.63) is 66.0 Å². The Kier molecular flexibility index (Phi) is 6.41. The maximum atomic E-state index is 13.0. The molecule has 164 valence electrons. The molecule has 31 heavy (non-hydrogen) atoms. The van der Waals surface area contributed by atoms with Crippen LogP contribution < -0.4 is 4.90 Å². The lowest BCUT2D eigenvalue weighted by Gasteiger charge is -2.35. The molecule has 2 aromatic heterocycles. The Morgan fingerprint density at radius 2 is 1.77 bits per heavy atom. The number of rotatable bonds is 6. The molecule has 1 saturated heterocycles. The lowest BCUT2D eigenvalue weighted by molar-refractivity contribution is -0.140. The van der Waals surface area contributed by atoms with E-state index in [9.17, 15) is 13.2 Å². The quantitative estimate of drug-likeness (QED) is 0.551. The second-order valence-electron chi connectivity index (χ2n) is 8.32. The van der Waals surface area contributed by atoms with Crippen LogP contribution in [0.3, 0.4) is 0 Å². The minimum atomic E-state index is -4.44. The van der Waals surface area contributed by atoms with Gasteiger partial charge in [-0.2, -0.15) is 13.2 Å². The van der Waals surface area contributed by atoms with Crippen molar-refractivity contribution in [1.82, 2.24) is 14.9 Å². The second-order valence-corrected chi connectivity index (χ2v) is 8.32. The molecule has 7 heteroatoms. The van der Waals surface area contributed by atoms with Gasteiger partial charge in [-0.25, -0.2) is 9.97 Å². The van der Waals surface area contributed by atoms with Crippen LogP contribution in [0.5, 0.6) is 0 Å². The Morgan fingerprint density at radius 3 is 2.48 bits per heavy atom. The molecular weight excluding hydrogens is 401 g/mol. The van der Waals surface area contributed by atoms with Gasteiger partial charge in [-0.05, 0) is 56.0 Å². The highest BCUT2D eigenvalue weighted by Crippen LogP contribution is 2.32. The first kappa shape index (κ1) is 21.6. The lowest BCUT2D eigenvalue weighted by atomic mass is 9.96. The molecule has 0 unspecified atom stereocenters. The molecule has 0 bridgehead atoms. The molecule has 3 heterocycles. The van der Waals surface area contributed by atoms with E-state index in [4.69, 9.17) is 0 Å².